The van der Waals surface area contributed by atoms with Gasteiger partial charge in [0, 0.05) is 7.11 Å². The fourth-order valence-corrected chi connectivity index (χ4v) is 1.32. The normalized spacial score (nSPS) is 17.1. The largest absolute Gasteiger partial charge is 0.376 e. The second-order valence-corrected chi connectivity index (χ2v) is 3.34. The molecule has 0 atom stereocenters. The van der Waals surface area contributed by atoms with Crippen LogP contribution in [-0.4, -0.2) is 25.2 Å². The average molecular weight is 169 g/mol. The summed E-state index contributed by atoms with van der Waals surface area (Å²) in [4.78, 5) is 11.1. The molecule has 0 bridgehead atoms. The Morgan fingerprint density at radius 3 is 2.67 bits per heavy atom. The Hall–Kier alpha value is -0.700. The van der Waals surface area contributed by atoms with Crippen molar-refractivity contribution in [3.8, 4) is 0 Å². The van der Waals surface area contributed by atoms with Crippen molar-refractivity contribution in [1.82, 2.24) is 0 Å². The average Bonchev–Trinajstić information content (AvgIpc) is 1.97. The summed E-state index contributed by atoms with van der Waals surface area (Å²) in [5, 5.41) is 7.44. The molecule has 3 nitrogen and oxygen atoms in total. The van der Waals surface area contributed by atoms with Gasteiger partial charge in [-0.1, -0.05) is 19.3 Å². The van der Waals surface area contributed by atoms with Crippen molar-refractivity contribution in [2.24, 2.45) is 5.92 Å². The lowest BCUT2D eigenvalue weighted by atomic mass is 9.81. The summed E-state index contributed by atoms with van der Waals surface area (Å²) in [5.74, 6) is 0.433. The van der Waals surface area contributed by atoms with E-state index in [4.69, 9.17) is 5.41 Å². The van der Waals surface area contributed by atoms with Gasteiger partial charge in [-0.25, -0.2) is 0 Å². The highest BCUT2D eigenvalue weighted by atomic mass is 16.5. The first-order chi connectivity index (χ1) is 5.74. The standard InChI is InChI=1S/C9H15NO2/c1-12-6-9(11)8(10)5-7-3-2-4-7/h7,10H,2-6H2,1H3. The number of ether oxygens (including phenoxy) is 1. The Morgan fingerprint density at radius 2 is 2.25 bits per heavy atom. The molecule has 1 rings (SSSR count). The number of methoxy groups -OCH3 is 1. The zero-order chi connectivity index (χ0) is 8.97. The van der Waals surface area contributed by atoms with Gasteiger partial charge in [-0.05, 0) is 12.3 Å². The molecule has 0 aromatic rings. The highest BCUT2D eigenvalue weighted by molar-refractivity contribution is 6.39. The second kappa shape index (κ2) is 4.36. The maximum absolute atomic E-state index is 11.1. The first kappa shape index (κ1) is 9.39. The van der Waals surface area contributed by atoms with Crippen LogP contribution in [0.25, 0.3) is 0 Å². The quantitative estimate of drug-likeness (QED) is 0.632. The van der Waals surface area contributed by atoms with Crippen molar-refractivity contribution < 1.29 is 9.53 Å². The number of hydrogen-bond acceptors (Lipinski definition) is 3. The van der Waals surface area contributed by atoms with Crippen LogP contribution in [-0.2, 0) is 9.53 Å². The molecule has 1 aliphatic rings. The predicted molar refractivity (Wildman–Crippen MR) is 46.6 cm³/mol. The molecule has 3 heteroatoms. The van der Waals surface area contributed by atoms with E-state index in [1.54, 1.807) is 0 Å². The van der Waals surface area contributed by atoms with Crippen molar-refractivity contribution in [3.05, 3.63) is 0 Å². The number of Topliss-reactive ketones (excluding diaryl/α,β-unsaturated/α-hetero) is 1. The fourth-order valence-electron chi connectivity index (χ4n) is 1.32. The van der Waals surface area contributed by atoms with Gasteiger partial charge in [0.05, 0.1) is 5.71 Å². The molecule has 0 radical (unpaired) electrons. The topological polar surface area (TPSA) is 50.2 Å². The van der Waals surface area contributed by atoms with Gasteiger partial charge in [0.15, 0.2) is 0 Å². The first-order valence-electron chi connectivity index (χ1n) is 4.33. The Balaban J connectivity index is 2.21. The van der Waals surface area contributed by atoms with E-state index in [0.29, 0.717) is 12.3 Å². The smallest absolute Gasteiger partial charge is 0.201 e. The minimum atomic E-state index is -0.163. The van der Waals surface area contributed by atoms with Gasteiger partial charge in [0.25, 0.3) is 0 Å². The van der Waals surface area contributed by atoms with Crippen LogP contribution in [0.2, 0.25) is 0 Å². The van der Waals surface area contributed by atoms with Gasteiger partial charge in [-0.2, -0.15) is 0 Å². The van der Waals surface area contributed by atoms with Gasteiger partial charge < -0.3 is 10.1 Å². The molecule has 1 aliphatic carbocycles. The zero-order valence-corrected chi connectivity index (χ0v) is 7.43. The maximum atomic E-state index is 11.1. The maximum Gasteiger partial charge on any atom is 0.201 e. The lowest BCUT2D eigenvalue weighted by molar-refractivity contribution is -0.116. The number of carbonyl (C=O) groups is 1. The Kier molecular flexibility index (Phi) is 3.41. The molecule has 0 aliphatic heterocycles. The van der Waals surface area contributed by atoms with E-state index in [0.717, 1.165) is 0 Å². The summed E-state index contributed by atoms with van der Waals surface area (Å²) in [7, 11) is 1.48. The van der Waals surface area contributed by atoms with Crippen LogP contribution in [0.4, 0.5) is 0 Å². The van der Waals surface area contributed by atoms with Crippen LogP contribution in [0.1, 0.15) is 25.7 Å². The van der Waals surface area contributed by atoms with Crippen LogP contribution in [0.15, 0.2) is 0 Å². The molecule has 68 valence electrons. The van der Waals surface area contributed by atoms with Crippen LogP contribution >= 0.6 is 0 Å². The van der Waals surface area contributed by atoms with Crippen molar-refractivity contribution in [3.63, 3.8) is 0 Å². The predicted octanol–water partition coefficient (Wildman–Crippen LogP) is 1.41. The second-order valence-electron chi connectivity index (χ2n) is 3.34. The number of hydrogen-bond donors (Lipinski definition) is 1. The van der Waals surface area contributed by atoms with Crippen LogP contribution in [0.3, 0.4) is 0 Å². The molecule has 0 spiro atoms. The Morgan fingerprint density at radius 1 is 1.58 bits per heavy atom. The van der Waals surface area contributed by atoms with Crippen LogP contribution in [0.5, 0.6) is 0 Å². The summed E-state index contributed by atoms with van der Waals surface area (Å²) in [6.07, 6.45) is 4.28. The minimum Gasteiger partial charge on any atom is -0.376 e. The molecule has 0 heterocycles. The van der Waals surface area contributed by atoms with Crippen molar-refractivity contribution in [2.45, 2.75) is 25.7 Å². The van der Waals surface area contributed by atoms with Crippen LogP contribution < -0.4 is 0 Å². The lowest BCUT2D eigenvalue weighted by Gasteiger charge is -2.24. The number of ketones is 1. The summed E-state index contributed by atoms with van der Waals surface area (Å²) in [5.41, 5.74) is 0.238. The third kappa shape index (κ3) is 2.41. The third-order valence-corrected chi connectivity index (χ3v) is 2.33. The number of nitrogens with one attached hydrogen (secondary N) is 1. The van der Waals surface area contributed by atoms with Gasteiger partial charge >= 0.3 is 0 Å². The highest BCUT2D eigenvalue weighted by Crippen LogP contribution is 2.29. The molecular formula is C9H15NO2. The summed E-state index contributed by atoms with van der Waals surface area (Å²) in [6, 6.07) is 0. The Bertz CT molecular complexity index is 185. The SMILES string of the molecule is COCC(=O)C(=N)CC1CCC1. The van der Waals surface area contributed by atoms with E-state index in [-0.39, 0.29) is 18.1 Å². The molecular weight excluding hydrogens is 154 g/mol. The van der Waals surface area contributed by atoms with Crippen molar-refractivity contribution in [2.75, 3.05) is 13.7 Å². The number of rotatable bonds is 5. The monoisotopic (exact) mass is 169 g/mol. The van der Waals surface area contributed by atoms with Crippen molar-refractivity contribution >= 4 is 11.5 Å². The van der Waals surface area contributed by atoms with Crippen molar-refractivity contribution in [1.29, 1.82) is 5.41 Å². The summed E-state index contributed by atoms with van der Waals surface area (Å²) >= 11 is 0. The van der Waals surface area contributed by atoms with Gasteiger partial charge in [-0.15, -0.1) is 0 Å². The van der Waals surface area contributed by atoms with Gasteiger partial charge in [0.1, 0.15) is 6.61 Å². The molecule has 0 unspecified atom stereocenters. The first-order valence-corrected chi connectivity index (χ1v) is 4.33. The number of carbonyl (C=O) groups excluding carboxylic acids is 1. The van der Waals surface area contributed by atoms with Crippen LogP contribution in [0, 0.1) is 11.3 Å². The van der Waals surface area contributed by atoms with E-state index in [9.17, 15) is 4.79 Å². The van der Waals surface area contributed by atoms with E-state index in [2.05, 4.69) is 4.74 Å². The molecule has 1 saturated carbocycles. The zero-order valence-electron chi connectivity index (χ0n) is 7.43. The minimum absolute atomic E-state index is 0.0611. The molecule has 0 saturated heterocycles. The molecule has 0 aromatic heterocycles. The fraction of sp³-hybridized carbons (Fsp3) is 0.778. The molecule has 1 N–H and O–H groups in total. The lowest BCUT2D eigenvalue weighted by Crippen LogP contribution is -2.23. The van der Waals surface area contributed by atoms with E-state index in [1.807, 2.05) is 0 Å². The van der Waals surface area contributed by atoms with E-state index in [1.165, 1.54) is 26.4 Å². The molecule has 12 heavy (non-hydrogen) atoms. The van der Waals surface area contributed by atoms with Gasteiger partial charge in [0.2, 0.25) is 5.78 Å². The highest BCUT2D eigenvalue weighted by Gasteiger charge is 2.21. The molecule has 0 aromatic carbocycles. The molecule has 1 fully saturated rings. The van der Waals surface area contributed by atoms with E-state index >= 15 is 0 Å². The Labute approximate surface area is 72.6 Å². The summed E-state index contributed by atoms with van der Waals surface area (Å²) in [6.45, 7) is 0.0611. The summed E-state index contributed by atoms with van der Waals surface area (Å²) < 4.78 is 4.67. The third-order valence-electron chi connectivity index (χ3n) is 2.33. The van der Waals surface area contributed by atoms with E-state index < -0.39 is 0 Å². The molecule has 0 amide bonds. The van der Waals surface area contributed by atoms with Gasteiger partial charge in [-0.3, -0.25) is 4.79 Å².